The van der Waals surface area contributed by atoms with Gasteiger partial charge in [0.15, 0.2) is 5.78 Å². The Morgan fingerprint density at radius 3 is 2.18 bits per heavy atom. The molecule has 0 atom stereocenters. The molecule has 1 saturated carbocycles. The van der Waals surface area contributed by atoms with Crippen LogP contribution in [-0.4, -0.2) is 5.78 Å². The quantitative estimate of drug-likeness (QED) is 0.387. The van der Waals surface area contributed by atoms with Crippen molar-refractivity contribution >= 4 is 5.78 Å². The van der Waals surface area contributed by atoms with Crippen LogP contribution < -0.4 is 0 Å². The summed E-state index contributed by atoms with van der Waals surface area (Å²) in [6.07, 6.45) is 18.3. The summed E-state index contributed by atoms with van der Waals surface area (Å²) in [7, 11) is 0. The Bertz CT molecular complexity index is 291. The molecule has 2 aliphatic carbocycles. The lowest BCUT2D eigenvalue weighted by Crippen LogP contribution is -2.11. The van der Waals surface area contributed by atoms with Crippen LogP contribution >= 0.6 is 0 Å². The zero-order chi connectivity index (χ0) is 11.9. The van der Waals surface area contributed by atoms with Gasteiger partial charge in [-0.25, -0.2) is 0 Å². The van der Waals surface area contributed by atoms with E-state index in [1.165, 1.54) is 31.3 Å². The summed E-state index contributed by atoms with van der Waals surface area (Å²) in [5, 5.41) is 0. The van der Waals surface area contributed by atoms with E-state index in [4.69, 9.17) is 0 Å². The highest BCUT2D eigenvalue weighted by molar-refractivity contribution is 5.92. The largest absolute Gasteiger partial charge is 0.295 e. The van der Waals surface area contributed by atoms with Crippen LogP contribution in [0.15, 0.2) is 23.8 Å². The minimum absolute atomic E-state index is 0.334. The lowest BCUT2D eigenvalue weighted by Gasteiger charge is -2.11. The van der Waals surface area contributed by atoms with Gasteiger partial charge in [0.2, 0.25) is 0 Å². The van der Waals surface area contributed by atoms with Gasteiger partial charge in [-0.2, -0.15) is 0 Å². The second-order valence-electron chi connectivity index (χ2n) is 5.44. The Balaban J connectivity index is 1.91. The van der Waals surface area contributed by atoms with Crippen molar-refractivity contribution in [3.63, 3.8) is 0 Å². The van der Waals surface area contributed by atoms with Crippen molar-refractivity contribution < 1.29 is 4.79 Å². The van der Waals surface area contributed by atoms with Gasteiger partial charge < -0.3 is 0 Å². The maximum absolute atomic E-state index is 12.2. The summed E-state index contributed by atoms with van der Waals surface area (Å²) in [6, 6.07) is 0. The van der Waals surface area contributed by atoms with Crippen LogP contribution in [0.3, 0.4) is 0 Å². The molecule has 0 aromatic heterocycles. The molecule has 1 fully saturated rings. The molecular formula is C16H24O. The fourth-order valence-electron chi connectivity index (χ4n) is 2.93. The third-order valence-electron chi connectivity index (χ3n) is 4.03. The van der Waals surface area contributed by atoms with Gasteiger partial charge in [-0.1, -0.05) is 43.4 Å². The molecule has 2 aliphatic rings. The smallest absolute Gasteiger partial charge is 0.158 e. The van der Waals surface area contributed by atoms with Crippen LogP contribution in [0.4, 0.5) is 0 Å². The minimum atomic E-state index is 0.334. The van der Waals surface area contributed by atoms with Crippen LogP contribution in [0.1, 0.15) is 64.2 Å². The Morgan fingerprint density at radius 1 is 1.00 bits per heavy atom. The Hall–Kier alpha value is -0.850. The van der Waals surface area contributed by atoms with Crippen LogP contribution in [0.2, 0.25) is 0 Å². The molecule has 94 valence electrons. The van der Waals surface area contributed by atoms with Crippen LogP contribution in [0, 0.1) is 5.92 Å². The highest BCUT2D eigenvalue weighted by atomic mass is 16.1. The number of carbonyl (C=O) groups is 1. The molecule has 17 heavy (non-hydrogen) atoms. The first-order valence-corrected chi connectivity index (χ1v) is 7.24. The third kappa shape index (κ3) is 4.14. The summed E-state index contributed by atoms with van der Waals surface area (Å²) < 4.78 is 0. The summed E-state index contributed by atoms with van der Waals surface area (Å²) in [5.74, 6) is 0.755. The van der Waals surface area contributed by atoms with Crippen molar-refractivity contribution in [3.8, 4) is 0 Å². The molecule has 0 N–H and O–H groups in total. The van der Waals surface area contributed by atoms with Gasteiger partial charge in [0, 0.05) is 5.92 Å². The SMILES string of the molecule is O=C(C=C1CCC=CCC1)C1CCCCCC1. The molecule has 0 heterocycles. The van der Waals surface area contributed by atoms with Gasteiger partial charge >= 0.3 is 0 Å². The Labute approximate surface area is 105 Å². The average Bonchev–Trinajstić information content (AvgIpc) is 2.72. The Morgan fingerprint density at radius 2 is 1.59 bits per heavy atom. The fraction of sp³-hybridized carbons (Fsp3) is 0.688. The first kappa shape index (κ1) is 12.6. The molecule has 0 aromatic rings. The summed E-state index contributed by atoms with van der Waals surface area (Å²) in [6.45, 7) is 0. The Kier molecular flexibility index (Phi) is 5.03. The van der Waals surface area contributed by atoms with Gasteiger partial charge in [0.25, 0.3) is 0 Å². The topological polar surface area (TPSA) is 17.1 Å². The number of carbonyl (C=O) groups excluding carboxylic acids is 1. The number of hydrogen-bond acceptors (Lipinski definition) is 1. The van der Waals surface area contributed by atoms with E-state index < -0.39 is 0 Å². The van der Waals surface area contributed by atoms with Crippen molar-refractivity contribution in [1.82, 2.24) is 0 Å². The van der Waals surface area contributed by atoms with Gasteiger partial charge in [-0.15, -0.1) is 0 Å². The van der Waals surface area contributed by atoms with E-state index in [9.17, 15) is 4.79 Å². The molecule has 0 saturated heterocycles. The molecular weight excluding hydrogens is 208 g/mol. The molecule has 0 bridgehead atoms. The number of allylic oxidation sites excluding steroid dienone is 4. The van der Waals surface area contributed by atoms with Crippen molar-refractivity contribution in [3.05, 3.63) is 23.8 Å². The maximum atomic E-state index is 12.2. The standard InChI is InChI=1S/C16H24O/c17-16(15-11-7-3-4-8-12-15)13-14-9-5-1-2-6-10-14/h1-2,13,15H,3-12H2. The molecule has 0 unspecified atom stereocenters. The van der Waals surface area contributed by atoms with E-state index in [0.717, 1.165) is 38.5 Å². The normalized spacial score (nSPS) is 22.9. The lowest BCUT2D eigenvalue weighted by atomic mass is 9.93. The number of hydrogen-bond donors (Lipinski definition) is 0. The summed E-state index contributed by atoms with van der Waals surface area (Å²) >= 11 is 0. The van der Waals surface area contributed by atoms with E-state index in [-0.39, 0.29) is 0 Å². The lowest BCUT2D eigenvalue weighted by molar-refractivity contribution is -0.118. The van der Waals surface area contributed by atoms with E-state index >= 15 is 0 Å². The van der Waals surface area contributed by atoms with E-state index in [2.05, 4.69) is 12.2 Å². The molecule has 1 nitrogen and oxygen atoms in total. The molecule has 0 amide bonds. The van der Waals surface area contributed by atoms with Crippen LogP contribution in [0.25, 0.3) is 0 Å². The van der Waals surface area contributed by atoms with Crippen LogP contribution in [-0.2, 0) is 4.79 Å². The molecule has 2 rings (SSSR count). The van der Waals surface area contributed by atoms with Gasteiger partial charge in [0.1, 0.15) is 0 Å². The van der Waals surface area contributed by atoms with E-state index in [0.29, 0.717) is 11.7 Å². The zero-order valence-corrected chi connectivity index (χ0v) is 10.8. The van der Waals surface area contributed by atoms with Crippen molar-refractivity contribution in [2.24, 2.45) is 5.92 Å². The van der Waals surface area contributed by atoms with Crippen molar-refractivity contribution in [2.45, 2.75) is 64.2 Å². The fourth-order valence-corrected chi connectivity index (χ4v) is 2.93. The molecule has 0 spiro atoms. The van der Waals surface area contributed by atoms with Gasteiger partial charge in [-0.3, -0.25) is 4.79 Å². The second kappa shape index (κ2) is 6.78. The number of rotatable bonds is 2. The van der Waals surface area contributed by atoms with Crippen molar-refractivity contribution in [2.75, 3.05) is 0 Å². The highest BCUT2D eigenvalue weighted by Gasteiger charge is 2.18. The predicted molar refractivity (Wildman–Crippen MR) is 71.9 cm³/mol. The molecule has 1 heteroatoms. The number of ketones is 1. The average molecular weight is 232 g/mol. The van der Waals surface area contributed by atoms with Crippen molar-refractivity contribution in [1.29, 1.82) is 0 Å². The third-order valence-corrected chi connectivity index (χ3v) is 4.03. The minimum Gasteiger partial charge on any atom is -0.295 e. The van der Waals surface area contributed by atoms with Gasteiger partial charge in [-0.05, 0) is 44.6 Å². The monoisotopic (exact) mass is 232 g/mol. The first-order valence-electron chi connectivity index (χ1n) is 7.24. The molecule has 0 aliphatic heterocycles. The zero-order valence-electron chi connectivity index (χ0n) is 10.8. The maximum Gasteiger partial charge on any atom is 0.158 e. The summed E-state index contributed by atoms with van der Waals surface area (Å²) in [4.78, 5) is 12.2. The predicted octanol–water partition coefficient (Wildman–Crippen LogP) is 4.58. The van der Waals surface area contributed by atoms with E-state index in [1.807, 2.05) is 6.08 Å². The van der Waals surface area contributed by atoms with Crippen LogP contribution in [0.5, 0.6) is 0 Å². The van der Waals surface area contributed by atoms with Gasteiger partial charge in [0.05, 0.1) is 0 Å². The molecule has 0 radical (unpaired) electrons. The molecule has 0 aromatic carbocycles. The second-order valence-corrected chi connectivity index (χ2v) is 5.44. The highest BCUT2D eigenvalue weighted by Crippen LogP contribution is 2.25. The summed E-state index contributed by atoms with van der Waals surface area (Å²) in [5.41, 5.74) is 1.38. The first-order chi connectivity index (χ1) is 8.36. The van der Waals surface area contributed by atoms with E-state index in [1.54, 1.807) is 0 Å².